The van der Waals surface area contributed by atoms with Crippen LogP contribution in [-0.2, 0) is 34.8 Å². The predicted molar refractivity (Wildman–Crippen MR) is 244 cm³/mol. The molecular formula is C49H53F2N7O8S. The van der Waals surface area contributed by atoms with Crippen molar-refractivity contribution >= 4 is 44.7 Å². The maximum atomic E-state index is 16.7. The second-order valence-corrected chi connectivity index (χ2v) is 21.9. The van der Waals surface area contributed by atoms with Crippen molar-refractivity contribution < 1.29 is 45.9 Å². The normalized spacial score (nSPS) is 23.8. The van der Waals surface area contributed by atoms with Crippen LogP contribution in [0, 0.1) is 23.2 Å². The summed E-state index contributed by atoms with van der Waals surface area (Å²) in [5.41, 5.74) is 4.32. The van der Waals surface area contributed by atoms with E-state index in [0.717, 1.165) is 45.5 Å². The van der Waals surface area contributed by atoms with Crippen LogP contribution >= 0.6 is 0 Å². The molecule has 15 nitrogen and oxygen atoms in total. The Morgan fingerprint density at radius 1 is 0.866 bits per heavy atom. The van der Waals surface area contributed by atoms with Crippen molar-refractivity contribution in [2.75, 3.05) is 26.2 Å². The van der Waals surface area contributed by atoms with Crippen LogP contribution in [0.15, 0.2) is 60.8 Å². The lowest BCUT2D eigenvalue weighted by atomic mass is 9.84. The van der Waals surface area contributed by atoms with E-state index in [1.807, 2.05) is 32.0 Å². The molecule has 5 aromatic rings. The second kappa shape index (κ2) is 16.3. The Balaban J connectivity index is 0.896. The van der Waals surface area contributed by atoms with E-state index < -0.39 is 57.7 Å². The van der Waals surface area contributed by atoms with E-state index in [4.69, 9.17) is 19.4 Å². The van der Waals surface area contributed by atoms with Crippen LogP contribution in [0.5, 0.6) is 0 Å². The fourth-order valence-corrected chi connectivity index (χ4v) is 12.4. The Hall–Kier alpha value is -6.17. The molecule has 10 rings (SSSR count). The van der Waals surface area contributed by atoms with E-state index >= 15 is 8.78 Å². The summed E-state index contributed by atoms with van der Waals surface area (Å²) in [5, 5.41) is 5.14. The van der Waals surface area contributed by atoms with Crippen LogP contribution in [0.25, 0.3) is 44.5 Å². The van der Waals surface area contributed by atoms with Crippen molar-refractivity contribution in [3.05, 3.63) is 83.6 Å². The Labute approximate surface area is 386 Å². The number of ketones is 1. The highest BCUT2D eigenvalue weighted by Crippen LogP contribution is 2.64. The number of ether oxygens (including phenoxy) is 2. The Bertz CT molecular complexity index is 2960. The lowest BCUT2D eigenvalue weighted by Gasteiger charge is -2.36. The summed E-state index contributed by atoms with van der Waals surface area (Å²) in [7, 11) is -1.26. The molecule has 7 atom stereocenters. The molecule has 4 aliphatic carbocycles. The minimum Gasteiger partial charge on any atom is -0.453 e. The lowest BCUT2D eigenvalue weighted by molar-refractivity contribution is -0.137. The molecule has 1 aliphatic heterocycles. The number of nitrogens with one attached hydrogen (secondary N) is 4. The van der Waals surface area contributed by atoms with Gasteiger partial charge in [-0.15, -0.1) is 0 Å². The van der Waals surface area contributed by atoms with Crippen molar-refractivity contribution in [1.82, 2.24) is 35.5 Å². The maximum Gasteiger partial charge on any atom is 0.407 e. The molecule has 352 valence electrons. The van der Waals surface area contributed by atoms with Crippen molar-refractivity contribution in [1.29, 1.82) is 0 Å². The first-order valence-electron chi connectivity index (χ1n) is 22.8. The summed E-state index contributed by atoms with van der Waals surface area (Å²) in [4.78, 5) is 70.5. The number of alkyl halides is 2. The number of nitrogens with zero attached hydrogens (tertiary/aromatic N) is 3. The van der Waals surface area contributed by atoms with Gasteiger partial charge in [0.25, 0.3) is 5.92 Å². The molecule has 3 aromatic carbocycles. The highest BCUT2D eigenvalue weighted by Gasteiger charge is 2.57. The molecule has 0 radical (unpaired) electrons. The van der Waals surface area contributed by atoms with Gasteiger partial charge < -0.3 is 35.0 Å². The first-order chi connectivity index (χ1) is 31.9. The number of hydrogen-bond acceptors (Lipinski definition) is 10. The van der Waals surface area contributed by atoms with Gasteiger partial charge in [-0.25, -0.2) is 28.0 Å². The number of hydrogen-bond donors (Lipinski definition) is 4. The van der Waals surface area contributed by atoms with Gasteiger partial charge in [0.2, 0.25) is 5.91 Å². The number of rotatable bonds is 12. The van der Waals surface area contributed by atoms with Crippen LogP contribution in [-0.4, -0.2) is 101 Å². The van der Waals surface area contributed by atoms with E-state index in [9.17, 15) is 27.6 Å². The topological polar surface area (TPSA) is 206 Å². The number of methoxy groups -OCH3 is 2. The summed E-state index contributed by atoms with van der Waals surface area (Å²) in [6, 6.07) is 12.9. The molecule has 4 fully saturated rings. The average molecular weight is 938 g/mol. The van der Waals surface area contributed by atoms with E-state index in [2.05, 4.69) is 20.6 Å². The van der Waals surface area contributed by atoms with E-state index in [-0.39, 0.29) is 52.0 Å². The van der Waals surface area contributed by atoms with E-state index in [1.54, 1.807) is 35.4 Å². The van der Waals surface area contributed by atoms with Gasteiger partial charge in [0, 0.05) is 40.8 Å². The molecule has 1 saturated heterocycles. The third kappa shape index (κ3) is 7.93. The molecule has 2 bridgehead atoms. The molecular weight excluding hydrogens is 885 g/mol. The van der Waals surface area contributed by atoms with Gasteiger partial charge in [0.1, 0.15) is 27.5 Å². The van der Waals surface area contributed by atoms with Gasteiger partial charge in [-0.05, 0) is 109 Å². The van der Waals surface area contributed by atoms with E-state index in [1.165, 1.54) is 19.2 Å². The molecule has 1 spiro atoms. The van der Waals surface area contributed by atoms with Crippen LogP contribution in [0.2, 0.25) is 0 Å². The molecule has 3 heterocycles. The molecule has 4 N–H and O–H groups in total. The first-order valence-corrected chi connectivity index (χ1v) is 24.9. The highest BCUT2D eigenvalue weighted by molar-refractivity contribution is 7.90. The minimum atomic E-state index is -3.66. The van der Waals surface area contributed by atoms with Crippen LogP contribution in [0.4, 0.5) is 18.4 Å². The van der Waals surface area contributed by atoms with Crippen molar-refractivity contribution in [3.8, 4) is 33.5 Å². The number of piperidine rings is 1. The number of carbonyl (C=O) groups is 4. The van der Waals surface area contributed by atoms with Crippen molar-refractivity contribution in [3.63, 3.8) is 0 Å². The van der Waals surface area contributed by atoms with Gasteiger partial charge in [0.15, 0.2) is 5.78 Å². The molecule has 18 heteroatoms. The number of halogens is 2. The molecule has 3 saturated carbocycles. The second-order valence-electron chi connectivity index (χ2n) is 19.7. The number of sulfone groups is 1. The number of fused-ring (bicyclic) bond motifs is 6. The number of alkyl carbamates (subject to hydrolysis) is 2. The molecule has 7 unspecified atom stereocenters. The standard InChI is InChI=1S/C49H53F2N7O8S/c1-24(2)40(57-47(62)66-4)42(59)32-20-48(14-15-48)21-33(32)43-52-22-38(55-43)27-8-12-31-30-11-7-25(17-34(30)49(50,51)35(31)18-27)26-9-13-36-37(19-26)54-44(53-36)41-28-6-10-29(16-28)58(41)45(60)39(23-67(5,63)64)56-46(61)65-3/h7-9,11-13,17-19,22,24,28-29,32-33,39-41H,6,10,14-16,20-21,23H2,1-5H3,(H,52,55)(H,53,54)(H,56,61)(H,57,62). The predicted octanol–water partition coefficient (Wildman–Crippen LogP) is 7.79. The number of H-pyrrole nitrogens is 2. The number of aromatic amines is 2. The Kier molecular flexibility index (Phi) is 10.8. The van der Waals surface area contributed by atoms with Crippen LogP contribution in [0.3, 0.4) is 0 Å². The van der Waals surface area contributed by atoms with E-state index in [0.29, 0.717) is 69.0 Å². The third-order valence-corrected chi connectivity index (χ3v) is 15.9. The number of imidazole rings is 2. The quantitative estimate of drug-likeness (QED) is 0.0956. The van der Waals surface area contributed by atoms with Gasteiger partial charge in [0.05, 0.1) is 55.0 Å². The molecule has 2 aromatic heterocycles. The fraction of sp³-hybridized carbons (Fsp3) is 0.469. The zero-order valence-corrected chi connectivity index (χ0v) is 38.6. The Morgan fingerprint density at radius 2 is 1.52 bits per heavy atom. The van der Waals surface area contributed by atoms with Gasteiger partial charge in [-0.3, -0.25) is 9.59 Å². The zero-order valence-electron chi connectivity index (χ0n) is 37.8. The van der Waals surface area contributed by atoms with Gasteiger partial charge in [-0.2, -0.15) is 8.78 Å². The highest BCUT2D eigenvalue weighted by atomic mass is 32.2. The first kappa shape index (κ1) is 44.7. The minimum absolute atomic E-state index is 0.0537. The molecule has 3 amide bonds. The number of amides is 3. The number of carbonyl (C=O) groups excluding carboxylic acids is 4. The summed E-state index contributed by atoms with van der Waals surface area (Å²) >= 11 is 0. The summed E-state index contributed by atoms with van der Waals surface area (Å²) in [6.45, 7) is 3.77. The van der Waals surface area contributed by atoms with Crippen LogP contribution < -0.4 is 10.6 Å². The monoisotopic (exact) mass is 937 g/mol. The largest absolute Gasteiger partial charge is 0.453 e. The smallest absolute Gasteiger partial charge is 0.407 e. The molecule has 67 heavy (non-hydrogen) atoms. The maximum absolute atomic E-state index is 16.7. The number of benzene rings is 3. The average Bonchev–Trinajstić information content (AvgIpc) is 3.96. The third-order valence-electron chi connectivity index (χ3n) is 15.0. The summed E-state index contributed by atoms with van der Waals surface area (Å²) in [5.74, 6) is -4.01. The van der Waals surface area contributed by atoms with Crippen LogP contribution in [0.1, 0.15) is 93.5 Å². The number of aromatic nitrogens is 4. The summed E-state index contributed by atoms with van der Waals surface area (Å²) in [6.07, 6.45) is 6.91. The zero-order chi connectivity index (χ0) is 47.3. The van der Waals surface area contributed by atoms with Gasteiger partial charge in [-0.1, -0.05) is 44.2 Å². The summed E-state index contributed by atoms with van der Waals surface area (Å²) < 4.78 is 67.5. The lowest BCUT2D eigenvalue weighted by Crippen LogP contribution is -2.54. The van der Waals surface area contributed by atoms with Crippen molar-refractivity contribution in [2.24, 2.45) is 23.2 Å². The Morgan fingerprint density at radius 3 is 2.19 bits per heavy atom. The van der Waals surface area contributed by atoms with Crippen molar-refractivity contribution in [2.45, 2.75) is 94.8 Å². The van der Waals surface area contributed by atoms with Gasteiger partial charge >= 0.3 is 12.2 Å². The number of likely N-dealkylation sites (tertiary alicyclic amines) is 1. The fourth-order valence-electron chi connectivity index (χ4n) is 11.6. The SMILES string of the molecule is COC(=O)NC(CS(C)(=O)=O)C(=O)N1C2CCC(C2)C1c1nc2ccc(-c3ccc4c(c3)C(F)(F)c3cc(-c5cnc(C6CC7(CC7)CC6C(=O)C(NC(=O)OC)C(C)C)[nH]5)ccc3-4)cc2[nH]1. The number of Topliss-reactive ketones (excluding diaryl/α,β-unsaturated/α-hetero) is 1. The molecule has 5 aliphatic rings.